The van der Waals surface area contributed by atoms with Gasteiger partial charge < -0.3 is 0 Å². The van der Waals surface area contributed by atoms with Gasteiger partial charge in [-0.3, -0.25) is 0 Å². The molecule has 0 atom stereocenters. The van der Waals surface area contributed by atoms with Gasteiger partial charge in [-0.1, -0.05) is 43.3 Å². The molecule has 0 rings (SSSR count). The Kier molecular flexibility index (Phi) is 12.9. The van der Waals surface area contributed by atoms with Crippen LogP contribution in [-0.4, -0.2) is 6.38 Å². The summed E-state index contributed by atoms with van der Waals surface area (Å²) in [4.78, 5) is 0. The van der Waals surface area contributed by atoms with Crippen molar-refractivity contribution >= 4 is 23.2 Å². The van der Waals surface area contributed by atoms with Crippen LogP contribution in [-0.2, 0) is 0 Å². The summed E-state index contributed by atoms with van der Waals surface area (Å²) < 4.78 is 0. The maximum absolute atomic E-state index is 5.77. The van der Waals surface area contributed by atoms with Crippen LogP contribution in [0.15, 0.2) is 35.4 Å². The average Bonchev–Trinajstić information content (AvgIpc) is 2.09. The smallest absolute Gasteiger partial charge is 0.0181 e. The first-order valence-corrected chi connectivity index (χ1v) is 4.88. The molecule has 0 fully saturated rings. The van der Waals surface area contributed by atoms with Gasteiger partial charge in [0.05, 0.1) is 0 Å². The van der Waals surface area contributed by atoms with Gasteiger partial charge in [-0.2, -0.15) is 0 Å². The highest BCUT2D eigenvalue weighted by Crippen LogP contribution is 2.12. The minimum absolute atomic E-state index is 0.862. The maximum Gasteiger partial charge on any atom is 0.0181 e. The van der Waals surface area contributed by atoms with Gasteiger partial charge in [0.15, 0.2) is 0 Å². The molecule has 70 valence electrons. The van der Waals surface area contributed by atoms with E-state index in [2.05, 4.69) is 25.1 Å². The van der Waals surface area contributed by atoms with Crippen molar-refractivity contribution in [1.29, 1.82) is 0 Å². The maximum atomic E-state index is 5.77. The Bertz CT molecular complexity index is 163. The van der Waals surface area contributed by atoms with E-state index in [0.717, 1.165) is 11.5 Å². The zero-order chi connectivity index (χ0) is 9.98. The monoisotopic (exact) mass is 206 g/mol. The second-order valence-electron chi connectivity index (χ2n) is 2.01. The molecular formula is C10H16Cl2. The van der Waals surface area contributed by atoms with Crippen molar-refractivity contribution in [3.63, 3.8) is 0 Å². The summed E-state index contributed by atoms with van der Waals surface area (Å²) in [6.45, 7) is 7.55. The molecule has 0 heterocycles. The number of allylic oxidation sites excluding steroid dienone is 5. The predicted molar refractivity (Wildman–Crippen MR) is 60.0 cm³/mol. The molecule has 0 saturated heterocycles. The lowest BCUT2D eigenvalue weighted by atomic mass is 10.2. The summed E-state index contributed by atoms with van der Waals surface area (Å²) in [5.74, 6) is 0. The third kappa shape index (κ3) is 7.90. The summed E-state index contributed by atoms with van der Waals surface area (Å²) in [5, 5.41) is 0.862. The molecule has 0 N–H and O–H groups in total. The molecule has 2 heteroatoms. The Balaban J connectivity index is 0. The molecule has 0 aromatic carbocycles. The van der Waals surface area contributed by atoms with E-state index in [1.54, 1.807) is 6.08 Å². The molecule has 0 unspecified atom stereocenters. The van der Waals surface area contributed by atoms with Crippen LogP contribution in [0.4, 0.5) is 0 Å². The third-order valence-corrected chi connectivity index (χ3v) is 1.50. The van der Waals surface area contributed by atoms with E-state index in [9.17, 15) is 0 Å². The lowest BCUT2D eigenvalue weighted by molar-refractivity contribution is 1.13. The van der Waals surface area contributed by atoms with Crippen molar-refractivity contribution in [3.8, 4) is 0 Å². The fraction of sp³-hybridized carbons (Fsp3) is 0.400. The zero-order valence-corrected chi connectivity index (χ0v) is 9.41. The standard InChI is InChI=1S/C9H13Cl.CH3Cl/c1-4-6-7-9(5-2)8(3)10;1-2/h4,6-7H,1,5H2,2-3H3;1H3/b7-6-,9-8+;. The molecule has 0 aliphatic rings. The number of rotatable bonds is 3. The number of hydrogen-bond donors (Lipinski definition) is 0. The minimum atomic E-state index is 0.862. The SMILES string of the molecule is C=C/C=C\C(CC)=C(/C)Cl.CCl. The first kappa shape index (κ1) is 14.3. The van der Waals surface area contributed by atoms with Crippen LogP contribution < -0.4 is 0 Å². The minimum Gasteiger partial charge on any atom is -0.130 e. The predicted octanol–water partition coefficient (Wildman–Crippen LogP) is 4.51. The fourth-order valence-corrected chi connectivity index (χ4v) is 0.857. The highest BCUT2D eigenvalue weighted by Gasteiger charge is 1.90. The molecule has 0 aliphatic heterocycles. The van der Waals surface area contributed by atoms with Gasteiger partial charge in [0.2, 0.25) is 0 Å². The van der Waals surface area contributed by atoms with E-state index in [4.69, 9.17) is 11.6 Å². The quantitative estimate of drug-likeness (QED) is 0.472. The molecule has 0 aromatic heterocycles. The highest BCUT2D eigenvalue weighted by molar-refractivity contribution is 6.29. The largest absolute Gasteiger partial charge is 0.130 e. The van der Waals surface area contributed by atoms with Gasteiger partial charge in [-0.05, 0) is 18.9 Å². The molecule has 0 amide bonds. The van der Waals surface area contributed by atoms with E-state index in [-0.39, 0.29) is 0 Å². The molecule has 0 aliphatic carbocycles. The topological polar surface area (TPSA) is 0 Å². The lowest BCUT2D eigenvalue weighted by Gasteiger charge is -1.96. The van der Waals surface area contributed by atoms with E-state index in [0.29, 0.717) is 0 Å². The Hall–Kier alpha value is -0.200. The van der Waals surface area contributed by atoms with E-state index in [1.807, 2.05) is 19.1 Å². The van der Waals surface area contributed by atoms with Gasteiger partial charge in [0.1, 0.15) is 0 Å². The van der Waals surface area contributed by atoms with Crippen LogP contribution >= 0.6 is 23.2 Å². The molecule has 0 radical (unpaired) electrons. The van der Waals surface area contributed by atoms with Gasteiger partial charge in [-0.25, -0.2) is 0 Å². The van der Waals surface area contributed by atoms with Crippen molar-refractivity contribution < 1.29 is 0 Å². The third-order valence-electron chi connectivity index (χ3n) is 1.26. The van der Waals surface area contributed by atoms with Gasteiger partial charge >= 0.3 is 0 Å². The van der Waals surface area contributed by atoms with Crippen molar-refractivity contribution in [2.75, 3.05) is 6.38 Å². The van der Waals surface area contributed by atoms with Crippen LogP contribution in [0, 0.1) is 0 Å². The Morgan fingerprint density at radius 3 is 2.17 bits per heavy atom. The molecular weight excluding hydrogens is 191 g/mol. The van der Waals surface area contributed by atoms with Crippen LogP contribution in [0.2, 0.25) is 0 Å². The highest BCUT2D eigenvalue weighted by atomic mass is 35.5. The molecule has 0 spiro atoms. The summed E-state index contributed by atoms with van der Waals surface area (Å²) in [6.07, 6.45) is 8.06. The first-order valence-electron chi connectivity index (χ1n) is 3.74. The van der Waals surface area contributed by atoms with Crippen LogP contribution in [0.1, 0.15) is 20.3 Å². The van der Waals surface area contributed by atoms with Gasteiger partial charge in [0, 0.05) is 11.4 Å². The van der Waals surface area contributed by atoms with E-state index >= 15 is 0 Å². The molecule has 0 saturated carbocycles. The van der Waals surface area contributed by atoms with Crippen LogP contribution in [0.5, 0.6) is 0 Å². The second kappa shape index (κ2) is 10.8. The summed E-state index contributed by atoms with van der Waals surface area (Å²) in [7, 11) is 0. The van der Waals surface area contributed by atoms with Gasteiger partial charge in [-0.15, -0.1) is 11.6 Å². The summed E-state index contributed by atoms with van der Waals surface area (Å²) in [5.41, 5.74) is 1.17. The molecule has 0 bridgehead atoms. The van der Waals surface area contributed by atoms with Crippen LogP contribution in [0.25, 0.3) is 0 Å². The van der Waals surface area contributed by atoms with Gasteiger partial charge in [0.25, 0.3) is 0 Å². The molecule has 0 aromatic rings. The zero-order valence-electron chi connectivity index (χ0n) is 7.90. The average molecular weight is 207 g/mol. The van der Waals surface area contributed by atoms with Crippen molar-refractivity contribution in [1.82, 2.24) is 0 Å². The Labute approximate surface area is 85.6 Å². The number of halogens is 2. The van der Waals surface area contributed by atoms with E-state index in [1.165, 1.54) is 12.0 Å². The lowest BCUT2D eigenvalue weighted by Crippen LogP contribution is -1.75. The normalized spacial score (nSPS) is 11.8. The summed E-state index contributed by atoms with van der Waals surface area (Å²) >= 11 is 10.4. The molecule has 0 nitrogen and oxygen atoms in total. The summed E-state index contributed by atoms with van der Waals surface area (Å²) in [6, 6.07) is 0. The molecule has 12 heavy (non-hydrogen) atoms. The van der Waals surface area contributed by atoms with Crippen LogP contribution in [0.3, 0.4) is 0 Å². The fourth-order valence-electron chi connectivity index (χ4n) is 0.660. The first-order chi connectivity index (χ1) is 5.72. The second-order valence-corrected chi connectivity index (χ2v) is 2.57. The van der Waals surface area contributed by atoms with Crippen molar-refractivity contribution in [3.05, 3.63) is 35.4 Å². The number of alkyl halides is 1. The number of hydrogen-bond acceptors (Lipinski definition) is 0. The van der Waals surface area contributed by atoms with Crippen molar-refractivity contribution in [2.45, 2.75) is 20.3 Å². The Morgan fingerprint density at radius 1 is 1.42 bits per heavy atom. The van der Waals surface area contributed by atoms with Crippen molar-refractivity contribution in [2.24, 2.45) is 0 Å². The Morgan fingerprint density at radius 2 is 1.92 bits per heavy atom. The van der Waals surface area contributed by atoms with E-state index < -0.39 is 0 Å².